The molecule has 5 rings (SSSR count). The Hall–Kier alpha value is -3.68. The van der Waals surface area contributed by atoms with Gasteiger partial charge in [-0.05, 0) is 54.6 Å². The van der Waals surface area contributed by atoms with Crippen LogP contribution in [0.4, 0.5) is 11.4 Å². The van der Waals surface area contributed by atoms with E-state index in [4.69, 9.17) is 16.3 Å². The largest absolute Gasteiger partial charge is 0.378 e. The Balaban J connectivity index is 1.48. The maximum atomic E-state index is 13.2. The second-order valence-corrected chi connectivity index (χ2v) is 8.12. The molecule has 1 fully saturated rings. The summed E-state index contributed by atoms with van der Waals surface area (Å²) in [7, 11) is 0. The number of carbonyl (C=O) groups excluding carboxylic acids is 1. The molecule has 0 atom stereocenters. The van der Waals surface area contributed by atoms with Crippen molar-refractivity contribution in [1.82, 2.24) is 9.78 Å². The summed E-state index contributed by atoms with van der Waals surface area (Å²) >= 11 is 5.99. The highest BCUT2D eigenvalue weighted by atomic mass is 35.5. The van der Waals surface area contributed by atoms with Crippen LogP contribution in [0.25, 0.3) is 16.5 Å². The first-order valence-corrected chi connectivity index (χ1v) is 11.0. The Morgan fingerprint density at radius 2 is 1.52 bits per heavy atom. The van der Waals surface area contributed by atoms with Crippen molar-refractivity contribution < 1.29 is 9.53 Å². The zero-order valence-electron chi connectivity index (χ0n) is 17.7. The van der Waals surface area contributed by atoms with E-state index in [9.17, 15) is 9.59 Å². The lowest BCUT2D eigenvalue weighted by Crippen LogP contribution is -2.36. The number of hydrogen-bond acceptors (Lipinski definition) is 5. The summed E-state index contributed by atoms with van der Waals surface area (Å²) in [6, 6.07) is 21.4. The van der Waals surface area contributed by atoms with Crippen molar-refractivity contribution in [3.05, 3.63) is 93.9 Å². The summed E-state index contributed by atoms with van der Waals surface area (Å²) in [5, 5.41) is 8.78. The lowest BCUT2D eigenvalue weighted by molar-refractivity contribution is 0.102. The smallest absolute Gasteiger partial charge is 0.279 e. The quantitative estimate of drug-likeness (QED) is 0.495. The molecule has 0 radical (unpaired) electrons. The summed E-state index contributed by atoms with van der Waals surface area (Å²) in [6.45, 7) is 3.10. The van der Waals surface area contributed by atoms with Crippen LogP contribution in [0.5, 0.6) is 0 Å². The summed E-state index contributed by atoms with van der Waals surface area (Å²) in [5.41, 5.74) is 2.11. The third kappa shape index (κ3) is 4.33. The Morgan fingerprint density at radius 1 is 0.879 bits per heavy atom. The maximum Gasteiger partial charge on any atom is 0.279 e. The van der Waals surface area contributed by atoms with Crippen LogP contribution in [0.3, 0.4) is 0 Å². The standard InChI is InChI=1S/C25H21ClN4O3/c26-17-5-9-20(10-6-17)30-25(32)22-4-2-1-3-21(22)23(28-30)24(31)27-18-7-11-19(12-8-18)29-13-15-33-16-14-29/h1-12H,13-16H2,(H,27,31). The number of halogens is 1. The average Bonchev–Trinajstić information content (AvgIpc) is 2.86. The molecule has 0 unspecified atom stereocenters. The van der Waals surface area contributed by atoms with E-state index in [0.717, 1.165) is 18.8 Å². The second-order valence-electron chi connectivity index (χ2n) is 7.69. The van der Waals surface area contributed by atoms with Crippen LogP contribution in [0.2, 0.25) is 5.02 Å². The Kier molecular flexibility index (Phi) is 5.81. The lowest BCUT2D eigenvalue weighted by Gasteiger charge is -2.28. The van der Waals surface area contributed by atoms with Gasteiger partial charge in [-0.2, -0.15) is 9.78 Å². The minimum Gasteiger partial charge on any atom is -0.378 e. The van der Waals surface area contributed by atoms with Gasteiger partial charge >= 0.3 is 0 Å². The highest BCUT2D eigenvalue weighted by Gasteiger charge is 2.18. The number of nitrogens with one attached hydrogen (secondary N) is 1. The van der Waals surface area contributed by atoms with Gasteiger partial charge in [0.05, 0.1) is 24.3 Å². The number of nitrogens with zero attached hydrogens (tertiary/aromatic N) is 3. The van der Waals surface area contributed by atoms with Gasteiger partial charge in [-0.3, -0.25) is 9.59 Å². The first-order chi connectivity index (χ1) is 16.1. The molecular formula is C25H21ClN4O3. The number of anilines is 2. The van der Waals surface area contributed by atoms with Crippen LogP contribution in [0.15, 0.2) is 77.6 Å². The van der Waals surface area contributed by atoms with Crippen LogP contribution in [0, 0.1) is 0 Å². The lowest BCUT2D eigenvalue weighted by atomic mass is 10.1. The fourth-order valence-corrected chi connectivity index (χ4v) is 4.01. The van der Waals surface area contributed by atoms with Crippen molar-refractivity contribution in [3.63, 3.8) is 0 Å². The Morgan fingerprint density at radius 3 is 2.21 bits per heavy atom. The number of aromatic nitrogens is 2. The summed E-state index contributed by atoms with van der Waals surface area (Å²) in [6.07, 6.45) is 0. The van der Waals surface area contributed by atoms with Gasteiger partial charge in [0.15, 0.2) is 5.69 Å². The molecule has 1 aliphatic rings. The molecule has 1 amide bonds. The second kappa shape index (κ2) is 9.05. The molecule has 0 spiro atoms. The average molecular weight is 461 g/mol. The van der Waals surface area contributed by atoms with Crippen molar-refractivity contribution in [3.8, 4) is 5.69 Å². The molecule has 0 aliphatic carbocycles. The highest BCUT2D eigenvalue weighted by molar-refractivity contribution is 6.30. The van der Waals surface area contributed by atoms with E-state index in [2.05, 4.69) is 15.3 Å². The van der Waals surface area contributed by atoms with Crippen molar-refractivity contribution in [2.75, 3.05) is 36.5 Å². The number of benzene rings is 3. The number of rotatable bonds is 4. The summed E-state index contributed by atoms with van der Waals surface area (Å²) < 4.78 is 6.63. The molecule has 2 heterocycles. The SMILES string of the molecule is O=C(Nc1ccc(N2CCOCC2)cc1)c1nn(-c2ccc(Cl)cc2)c(=O)c2ccccc12. The highest BCUT2D eigenvalue weighted by Crippen LogP contribution is 2.21. The fraction of sp³-hybridized carbons (Fsp3) is 0.160. The predicted molar refractivity (Wildman–Crippen MR) is 130 cm³/mol. The minimum absolute atomic E-state index is 0.164. The number of ether oxygens (including phenoxy) is 1. The van der Waals surface area contributed by atoms with E-state index < -0.39 is 5.91 Å². The molecule has 1 aliphatic heterocycles. The molecule has 1 N–H and O–H groups in total. The molecule has 0 bridgehead atoms. The van der Waals surface area contributed by atoms with Gasteiger partial charge in [0, 0.05) is 34.9 Å². The topological polar surface area (TPSA) is 76.5 Å². The molecule has 1 saturated heterocycles. The van der Waals surface area contributed by atoms with E-state index in [1.54, 1.807) is 48.5 Å². The van der Waals surface area contributed by atoms with Crippen LogP contribution in [0.1, 0.15) is 10.5 Å². The van der Waals surface area contributed by atoms with Gasteiger partial charge in [-0.15, -0.1) is 0 Å². The van der Waals surface area contributed by atoms with Crippen LogP contribution >= 0.6 is 11.6 Å². The molecule has 1 aromatic heterocycles. The summed E-state index contributed by atoms with van der Waals surface area (Å²) in [5.74, 6) is -0.395. The third-order valence-electron chi connectivity index (χ3n) is 5.59. The molecule has 3 aromatic carbocycles. The molecule has 8 heteroatoms. The normalized spacial score (nSPS) is 13.8. The molecule has 4 aromatic rings. The number of carbonyl (C=O) groups is 1. The van der Waals surface area contributed by atoms with E-state index in [1.807, 2.05) is 24.3 Å². The van der Waals surface area contributed by atoms with Gasteiger partial charge in [-0.25, -0.2) is 0 Å². The Bertz CT molecular complexity index is 1360. The van der Waals surface area contributed by atoms with Crippen LogP contribution < -0.4 is 15.8 Å². The zero-order chi connectivity index (χ0) is 22.8. The van der Waals surface area contributed by atoms with Crippen LogP contribution in [-0.2, 0) is 4.74 Å². The van der Waals surface area contributed by atoms with E-state index in [1.165, 1.54) is 4.68 Å². The molecule has 7 nitrogen and oxygen atoms in total. The first-order valence-electron chi connectivity index (χ1n) is 10.6. The van der Waals surface area contributed by atoms with Crippen LogP contribution in [-0.4, -0.2) is 42.0 Å². The first kappa shape index (κ1) is 21.2. The van der Waals surface area contributed by atoms with Gasteiger partial charge < -0.3 is 15.0 Å². The van der Waals surface area contributed by atoms with Gasteiger partial charge in [0.1, 0.15) is 0 Å². The molecule has 33 heavy (non-hydrogen) atoms. The number of fused-ring (bicyclic) bond motifs is 1. The zero-order valence-corrected chi connectivity index (χ0v) is 18.5. The van der Waals surface area contributed by atoms with Gasteiger partial charge in [-0.1, -0.05) is 29.8 Å². The van der Waals surface area contributed by atoms with Crippen molar-refractivity contribution in [2.45, 2.75) is 0 Å². The van der Waals surface area contributed by atoms with E-state index in [-0.39, 0.29) is 11.3 Å². The number of morpholine rings is 1. The van der Waals surface area contributed by atoms with Gasteiger partial charge in [0.2, 0.25) is 0 Å². The third-order valence-corrected chi connectivity index (χ3v) is 5.84. The number of hydrogen-bond donors (Lipinski definition) is 1. The predicted octanol–water partition coefficient (Wildman–Crippen LogP) is 4.13. The van der Waals surface area contributed by atoms with E-state index >= 15 is 0 Å². The number of amides is 1. The summed E-state index contributed by atoms with van der Waals surface area (Å²) in [4.78, 5) is 28.5. The molecular weight excluding hydrogens is 440 g/mol. The fourth-order valence-electron chi connectivity index (χ4n) is 3.88. The molecule has 166 valence electrons. The van der Waals surface area contributed by atoms with Gasteiger partial charge in [0.25, 0.3) is 11.5 Å². The monoisotopic (exact) mass is 460 g/mol. The molecule has 0 saturated carbocycles. The van der Waals surface area contributed by atoms with Crippen molar-refractivity contribution in [2.24, 2.45) is 0 Å². The Labute approximate surface area is 195 Å². The van der Waals surface area contributed by atoms with Crippen molar-refractivity contribution in [1.29, 1.82) is 0 Å². The minimum atomic E-state index is -0.395. The maximum absolute atomic E-state index is 13.2. The van der Waals surface area contributed by atoms with E-state index in [0.29, 0.717) is 40.4 Å². The van der Waals surface area contributed by atoms with Crippen molar-refractivity contribution >= 4 is 39.7 Å².